The van der Waals surface area contributed by atoms with Crippen molar-refractivity contribution in [1.29, 1.82) is 0 Å². The predicted molar refractivity (Wildman–Crippen MR) is 74.0 cm³/mol. The molecule has 0 aliphatic carbocycles. The van der Waals surface area contributed by atoms with Crippen LogP contribution in [-0.4, -0.2) is 32.1 Å². The Hall–Kier alpha value is -2.24. The van der Waals surface area contributed by atoms with Gasteiger partial charge < -0.3 is 21.1 Å². The van der Waals surface area contributed by atoms with Crippen LogP contribution in [0.4, 0.5) is 11.4 Å². The van der Waals surface area contributed by atoms with E-state index in [0.29, 0.717) is 30.1 Å². The number of esters is 1. The second-order valence-electron chi connectivity index (χ2n) is 3.86. The maximum absolute atomic E-state index is 11.4. The fourth-order valence-electron chi connectivity index (χ4n) is 1.54. The van der Waals surface area contributed by atoms with Crippen molar-refractivity contribution in [2.24, 2.45) is 0 Å². The Morgan fingerprint density at radius 1 is 1.37 bits per heavy atom. The standard InChI is InChI=1S/C13H19N3O3/c1-3-19-12(17)6-7-16-11-5-4-9(8-10(11)14)13(18)15-2/h4-5,8,16H,3,6-7,14H2,1-2H3,(H,15,18). The number of rotatable bonds is 6. The van der Waals surface area contributed by atoms with E-state index in [1.807, 2.05) is 0 Å². The Balaban J connectivity index is 2.56. The first-order valence-corrected chi connectivity index (χ1v) is 6.09. The SMILES string of the molecule is CCOC(=O)CCNc1ccc(C(=O)NC)cc1N. The van der Waals surface area contributed by atoms with Crippen LogP contribution in [0.3, 0.4) is 0 Å². The molecule has 1 aromatic rings. The number of nitrogens with two attached hydrogens (primary N) is 1. The largest absolute Gasteiger partial charge is 0.466 e. The molecule has 0 fully saturated rings. The van der Waals surface area contributed by atoms with Crippen LogP contribution in [0.1, 0.15) is 23.7 Å². The molecule has 6 nitrogen and oxygen atoms in total. The summed E-state index contributed by atoms with van der Waals surface area (Å²) < 4.78 is 4.81. The highest BCUT2D eigenvalue weighted by atomic mass is 16.5. The molecule has 6 heteroatoms. The van der Waals surface area contributed by atoms with Crippen molar-refractivity contribution in [3.05, 3.63) is 23.8 Å². The molecule has 0 saturated heterocycles. The molecule has 0 aliphatic heterocycles. The summed E-state index contributed by atoms with van der Waals surface area (Å²) in [6, 6.07) is 4.97. The van der Waals surface area contributed by atoms with Gasteiger partial charge in [-0.3, -0.25) is 9.59 Å². The second-order valence-corrected chi connectivity index (χ2v) is 3.86. The fraction of sp³-hybridized carbons (Fsp3) is 0.385. The normalized spacial score (nSPS) is 9.79. The smallest absolute Gasteiger partial charge is 0.307 e. The van der Waals surface area contributed by atoms with E-state index in [1.54, 1.807) is 32.2 Å². The van der Waals surface area contributed by atoms with Gasteiger partial charge in [-0.1, -0.05) is 0 Å². The van der Waals surface area contributed by atoms with Crippen molar-refractivity contribution < 1.29 is 14.3 Å². The van der Waals surface area contributed by atoms with Crippen LogP contribution in [0.2, 0.25) is 0 Å². The van der Waals surface area contributed by atoms with Crippen molar-refractivity contribution in [3.63, 3.8) is 0 Å². The summed E-state index contributed by atoms with van der Waals surface area (Å²) in [5.41, 5.74) is 7.48. The summed E-state index contributed by atoms with van der Waals surface area (Å²) in [5.74, 6) is -0.444. The summed E-state index contributed by atoms with van der Waals surface area (Å²) in [6.07, 6.45) is 0.268. The lowest BCUT2D eigenvalue weighted by Gasteiger charge is -2.10. The Bertz CT molecular complexity index is 460. The Labute approximate surface area is 112 Å². The van der Waals surface area contributed by atoms with Gasteiger partial charge in [0, 0.05) is 19.2 Å². The van der Waals surface area contributed by atoms with E-state index in [2.05, 4.69) is 10.6 Å². The minimum atomic E-state index is -0.254. The molecule has 1 rings (SSSR count). The van der Waals surface area contributed by atoms with Crippen LogP contribution in [0, 0.1) is 0 Å². The number of carbonyl (C=O) groups is 2. The average molecular weight is 265 g/mol. The zero-order valence-electron chi connectivity index (χ0n) is 11.2. The lowest BCUT2D eigenvalue weighted by Crippen LogP contribution is -2.18. The molecule has 0 saturated carbocycles. The molecule has 0 aromatic heterocycles. The van der Waals surface area contributed by atoms with Crippen LogP contribution in [0.25, 0.3) is 0 Å². The van der Waals surface area contributed by atoms with E-state index in [9.17, 15) is 9.59 Å². The number of nitrogen functional groups attached to an aromatic ring is 1. The number of carbonyl (C=O) groups excluding carboxylic acids is 2. The number of nitrogens with one attached hydrogen (secondary N) is 2. The summed E-state index contributed by atoms with van der Waals surface area (Å²) in [4.78, 5) is 22.6. The molecule has 1 amide bonds. The molecule has 19 heavy (non-hydrogen) atoms. The van der Waals surface area contributed by atoms with Gasteiger partial charge in [-0.25, -0.2) is 0 Å². The number of ether oxygens (including phenoxy) is 1. The van der Waals surface area contributed by atoms with Gasteiger partial charge in [-0.15, -0.1) is 0 Å². The molecule has 104 valence electrons. The highest BCUT2D eigenvalue weighted by molar-refractivity contribution is 5.95. The molecule has 0 unspecified atom stereocenters. The van der Waals surface area contributed by atoms with Gasteiger partial charge in [0.05, 0.1) is 24.4 Å². The Kier molecular flexibility index (Phi) is 5.66. The topological polar surface area (TPSA) is 93.4 Å². The molecule has 0 bridgehead atoms. The van der Waals surface area contributed by atoms with E-state index in [0.717, 1.165) is 0 Å². The lowest BCUT2D eigenvalue weighted by atomic mass is 10.1. The third kappa shape index (κ3) is 4.50. The Morgan fingerprint density at radius 3 is 2.68 bits per heavy atom. The van der Waals surface area contributed by atoms with E-state index in [4.69, 9.17) is 10.5 Å². The third-order valence-corrected chi connectivity index (χ3v) is 2.49. The van der Waals surface area contributed by atoms with Crippen molar-refractivity contribution in [2.75, 3.05) is 31.2 Å². The zero-order chi connectivity index (χ0) is 14.3. The molecule has 0 atom stereocenters. The number of benzene rings is 1. The van der Waals surface area contributed by atoms with Crippen LogP contribution < -0.4 is 16.4 Å². The maximum atomic E-state index is 11.4. The van der Waals surface area contributed by atoms with Gasteiger partial charge in [0.2, 0.25) is 0 Å². The summed E-state index contributed by atoms with van der Waals surface area (Å²) in [7, 11) is 1.56. The number of anilines is 2. The monoisotopic (exact) mass is 265 g/mol. The number of hydrogen-bond donors (Lipinski definition) is 3. The van der Waals surface area contributed by atoms with Crippen LogP contribution >= 0.6 is 0 Å². The van der Waals surface area contributed by atoms with Crippen LogP contribution in [-0.2, 0) is 9.53 Å². The highest BCUT2D eigenvalue weighted by Gasteiger charge is 2.07. The number of amides is 1. The molecule has 0 aliphatic rings. The highest BCUT2D eigenvalue weighted by Crippen LogP contribution is 2.19. The minimum absolute atomic E-state index is 0.190. The minimum Gasteiger partial charge on any atom is -0.466 e. The predicted octanol–water partition coefficient (Wildman–Crippen LogP) is 0.994. The van der Waals surface area contributed by atoms with Crippen molar-refractivity contribution in [3.8, 4) is 0 Å². The molecule has 0 heterocycles. The molecular formula is C13H19N3O3. The van der Waals surface area contributed by atoms with E-state index >= 15 is 0 Å². The first-order valence-electron chi connectivity index (χ1n) is 6.09. The van der Waals surface area contributed by atoms with Crippen LogP contribution in [0.5, 0.6) is 0 Å². The molecule has 4 N–H and O–H groups in total. The number of hydrogen-bond acceptors (Lipinski definition) is 5. The maximum Gasteiger partial charge on any atom is 0.307 e. The van der Waals surface area contributed by atoms with Gasteiger partial charge in [0.15, 0.2) is 0 Å². The quantitative estimate of drug-likeness (QED) is 0.527. The van der Waals surface area contributed by atoms with Crippen LogP contribution in [0.15, 0.2) is 18.2 Å². The molecule has 1 aromatic carbocycles. The zero-order valence-corrected chi connectivity index (χ0v) is 11.2. The van der Waals surface area contributed by atoms with Gasteiger partial charge >= 0.3 is 5.97 Å². The van der Waals surface area contributed by atoms with Crippen molar-refractivity contribution >= 4 is 23.3 Å². The van der Waals surface area contributed by atoms with Gasteiger partial charge in [0.1, 0.15) is 0 Å². The van der Waals surface area contributed by atoms with E-state index in [1.165, 1.54) is 0 Å². The average Bonchev–Trinajstić information content (AvgIpc) is 2.40. The summed E-state index contributed by atoms with van der Waals surface area (Å²) in [6.45, 7) is 2.57. The summed E-state index contributed by atoms with van der Waals surface area (Å²) >= 11 is 0. The van der Waals surface area contributed by atoms with Gasteiger partial charge in [0.25, 0.3) is 5.91 Å². The molecule has 0 radical (unpaired) electrons. The first kappa shape index (κ1) is 14.8. The second kappa shape index (κ2) is 7.25. The molecular weight excluding hydrogens is 246 g/mol. The molecule has 0 spiro atoms. The first-order chi connectivity index (χ1) is 9.08. The van der Waals surface area contributed by atoms with Crippen molar-refractivity contribution in [1.82, 2.24) is 5.32 Å². The summed E-state index contributed by atoms with van der Waals surface area (Å²) in [5, 5.41) is 5.55. The third-order valence-electron chi connectivity index (χ3n) is 2.49. The van der Waals surface area contributed by atoms with E-state index in [-0.39, 0.29) is 18.3 Å². The Morgan fingerprint density at radius 2 is 2.11 bits per heavy atom. The van der Waals surface area contributed by atoms with Gasteiger partial charge in [-0.05, 0) is 25.1 Å². The lowest BCUT2D eigenvalue weighted by molar-refractivity contribution is -0.142. The van der Waals surface area contributed by atoms with Gasteiger partial charge in [-0.2, -0.15) is 0 Å². The van der Waals surface area contributed by atoms with E-state index < -0.39 is 0 Å². The van der Waals surface area contributed by atoms with Crippen molar-refractivity contribution in [2.45, 2.75) is 13.3 Å². The fourth-order valence-corrected chi connectivity index (χ4v) is 1.54.